The van der Waals surface area contributed by atoms with Gasteiger partial charge in [0.2, 0.25) is 0 Å². The van der Waals surface area contributed by atoms with Crippen molar-refractivity contribution >= 4 is 11.6 Å². The summed E-state index contributed by atoms with van der Waals surface area (Å²) in [6, 6.07) is 1.89. The van der Waals surface area contributed by atoms with Crippen LogP contribution in [0, 0.1) is 0 Å². The number of aromatic nitrogens is 1. The second-order valence-electron chi connectivity index (χ2n) is 2.17. The molecule has 0 saturated heterocycles. The van der Waals surface area contributed by atoms with Crippen molar-refractivity contribution in [2.45, 2.75) is 6.42 Å². The van der Waals surface area contributed by atoms with Crippen LogP contribution < -0.4 is 11.3 Å². The van der Waals surface area contributed by atoms with E-state index in [1.54, 1.807) is 12.4 Å². The number of hydrazine groups is 1. The molecule has 11 heavy (non-hydrogen) atoms. The maximum absolute atomic E-state index is 5.83. The lowest BCUT2D eigenvalue weighted by Crippen LogP contribution is -2.24. The molecule has 0 radical (unpaired) electrons. The summed E-state index contributed by atoms with van der Waals surface area (Å²) in [6.45, 7) is 0.726. The van der Waals surface area contributed by atoms with E-state index in [1.807, 2.05) is 6.07 Å². The van der Waals surface area contributed by atoms with Crippen LogP contribution in [-0.2, 0) is 6.42 Å². The number of halogens is 1. The third kappa shape index (κ3) is 2.46. The second kappa shape index (κ2) is 4.28. The largest absolute Gasteiger partial charge is 0.271 e. The number of hydrogen-bond donors (Lipinski definition) is 2. The minimum absolute atomic E-state index is 0.697. The molecule has 0 aliphatic carbocycles. The number of hydrogen-bond acceptors (Lipinski definition) is 3. The zero-order valence-corrected chi connectivity index (χ0v) is 6.80. The van der Waals surface area contributed by atoms with Gasteiger partial charge in [-0.15, -0.1) is 0 Å². The normalized spacial score (nSPS) is 10.0. The minimum atomic E-state index is 0.697. The van der Waals surface area contributed by atoms with E-state index in [-0.39, 0.29) is 0 Å². The molecule has 1 heterocycles. The average Bonchev–Trinajstić information content (AvgIpc) is 2.03. The molecule has 0 unspecified atom stereocenters. The quantitative estimate of drug-likeness (QED) is 0.521. The summed E-state index contributed by atoms with van der Waals surface area (Å²) in [7, 11) is 0. The van der Waals surface area contributed by atoms with Crippen LogP contribution in [0.1, 0.15) is 5.56 Å². The molecule has 0 saturated carbocycles. The first kappa shape index (κ1) is 8.46. The van der Waals surface area contributed by atoms with Crippen molar-refractivity contribution in [3.8, 4) is 0 Å². The Morgan fingerprint density at radius 3 is 3.09 bits per heavy atom. The Bertz CT molecular complexity index is 227. The van der Waals surface area contributed by atoms with Crippen LogP contribution in [0.3, 0.4) is 0 Å². The lowest BCUT2D eigenvalue weighted by Gasteiger charge is -2.01. The summed E-state index contributed by atoms with van der Waals surface area (Å²) in [4.78, 5) is 3.87. The number of pyridine rings is 1. The molecule has 3 N–H and O–H groups in total. The Balaban J connectivity index is 2.62. The minimum Gasteiger partial charge on any atom is -0.271 e. The van der Waals surface area contributed by atoms with E-state index in [1.165, 1.54) is 0 Å². The molecule has 60 valence electrons. The predicted octanol–water partition coefficient (Wildman–Crippen LogP) is 0.741. The molecular weight excluding hydrogens is 162 g/mol. The van der Waals surface area contributed by atoms with Gasteiger partial charge in [0.15, 0.2) is 0 Å². The molecular formula is C7H10ClN3. The van der Waals surface area contributed by atoms with Crippen molar-refractivity contribution in [3.05, 3.63) is 29.0 Å². The van der Waals surface area contributed by atoms with Gasteiger partial charge in [0, 0.05) is 18.9 Å². The Labute approximate surface area is 70.5 Å². The van der Waals surface area contributed by atoms with Gasteiger partial charge in [0.05, 0.1) is 5.02 Å². The SMILES string of the molecule is NNCCc1ccncc1Cl. The first-order chi connectivity index (χ1) is 5.34. The second-order valence-corrected chi connectivity index (χ2v) is 2.58. The third-order valence-corrected chi connectivity index (χ3v) is 1.74. The van der Waals surface area contributed by atoms with E-state index < -0.39 is 0 Å². The maximum Gasteiger partial charge on any atom is 0.0621 e. The van der Waals surface area contributed by atoms with Crippen LogP contribution >= 0.6 is 11.6 Å². The molecule has 0 bridgehead atoms. The lowest BCUT2D eigenvalue weighted by atomic mass is 10.2. The number of nitrogens with two attached hydrogens (primary N) is 1. The van der Waals surface area contributed by atoms with E-state index in [2.05, 4.69) is 10.4 Å². The fourth-order valence-corrected chi connectivity index (χ4v) is 1.03. The monoisotopic (exact) mass is 171 g/mol. The van der Waals surface area contributed by atoms with Gasteiger partial charge in [0.25, 0.3) is 0 Å². The molecule has 0 aliphatic rings. The zero-order valence-electron chi connectivity index (χ0n) is 6.05. The van der Waals surface area contributed by atoms with Crippen LogP contribution in [0.25, 0.3) is 0 Å². The summed E-state index contributed by atoms with van der Waals surface area (Å²) in [6.07, 6.45) is 4.18. The topological polar surface area (TPSA) is 50.9 Å². The highest BCUT2D eigenvalue weighted by Gasteiger charge is 1.96. The van der Waals surface area contributed by atoms with Crippen molar-refractivity contribution in [3.63, 3.8) is 0 Å². The first-order valence-electron chi connectivity index (χ1n) is 3.36. The Morgan fingerprint density at radius 1 is 1.64 bits per heavy atom. The van der Waals surface area contributed by atoms with Crippen molar-refractivity contribution in [2.75, 3.05) is 6.54 Å². The van der Waals surface area contributed by atoms with Gasteiger partial charge in [-0.25, -0.2) is 0 Å². The maximum atomic E-state index is 5.83. The van der Waals surface area contributed by atoms with E-state index in [4.69, 9.17) is 17.4 Å². The number of rotatable bonds is 3. The summed E-state index contributed by atoms with van der Waals surface area (Å²) in [5.41, 5.74) is 3.63. The highest BCUT2D eigenvalue weighted by Crippen LogP contribution is 2.12. The fraction of sp³-hybridized carbons (Fsp3) is 0.286. The third-order valence-electron chi connectivity index (χ3n) is 1.40. The summed E-state index contributed by atoms with van der Waals surface area (Å²) in [5, 5.41) is 0.697. The number of nitrogens with zero attached hydrogens (tertiary/aromatic N) is 1. The predicted molar refractivity (Wildman–Crippen MR) is 45.1 cm³/mol. The molecule has 3 nitrogen and oxygen atoms in total. The van der Waals surface area contributed by atoms with Gasteiger partial charge >= 0.3 is 0 Å². The highest BCUT2D eigenvalue weighted by molar-refractivity contribution is 6.31. The summed E-state index contributed by atoms with van der Waals surface area (Å²) in [5.74, 6) is 5.12. The van der Waals surface area contributed by atoms with Gasteiger partial charge in [0.1, 0.15) is 0 Å². The molecule has 1 aromatic rings. The van der Waals surface area contributed by atoms with Crippen molar-refractivity contribution in [2.24, 2.45) is 5.84 Å². The van der Waals surface area contributed by atoms with Crippen LogP contribution in [0.5, 0.6) is 0 Å². The Morgan fingerprint density at radius 2 is 2.45 bits per heavy atom. The van der Waals surface area contributed by atoms with E-state index in [9.17, 15) is 0 Å². The van der Waals surface area contributed by atoms with Crippen molar-refractivity contribution < 1.29 is 0 Å². The average molecular weight is 172 g/mol. The molecule has 0 spiro atoms. The van der Waals surface area contributed by atoms with Gasteiger partial charge in [-0.3, -0.25) is 16.3 Å². The van der Waals surface area contributed by atoms with Crippen LogP contribution in [0.2, 0.25) is 5.02 Å². The van der Waals surface area contributed by atoms with Crippen LogP contribution in [0.15, 0.2) is 18.5 Å². The fourth-order valence-electron chi connectivity index (χ4n) is 0.814. The van der Waals surface area contributed by atoms with Crippen LogP contribution in [0.4, 0.5) is 0 Å². The molecule has 1 rings (SSSR count). The molecule has 4 heteroatoms. The van der Waals surface area contributed by atoms with Crippen LogP contribution in [-0.4, -0.2) is 11.5 Å². The lowest BCUT2D eigenvalue weighted by molar-refractivity contribution is 0.728. The highest BCUT2D eigenvalue weighted by atomic mass is 35.5. The molecule has 0 fully saturated rings. The summed E-state index contributed by atoms with van der Waals surface area (Å²) >= 11 is 5.83. The Kier molecular flexibility index (Phi) is 3.29. The van der Waals surface area contributed by atoms with Gasteiger partial charge < -0.3 is 0 Å². The zero-order chi connectivity index (χ0) is 8.10. The Hall–Kier alpha value is -0.640. The summed E-state index contributed by atoms with van der Waals surface area (Å²) < 4.78 is 0. The molecule has 0 amide bonds. The van der Waals surface area contributed by atoms with Gasteiger partial charge in [-0.2, -0.15) is 0 Å². The molecule has 0 aromatic carbocycles. The van der Waals surface area contributed by atoms with Crippen molar-refractivity contribution in [1.82, 2.24) is 10.4 Å². The van der Waals surface area contributed by atoms with Gasteiger partial charge in [-0.05, 0) is 18.1 Å². The van der Waals surface area contributed by atoms with E-state index in [0.29, 0.717) is 5.02 Å². The first-order valence-corrected chi connectivity index (χ1v) is 3.74. The molecule has 0 atom stereocenters. The standard InChI is InChI=1S/C7H10ClN3/c8-7-5-10-3-1-6(7)2-4-11-9/h1,3,5,11H,2,4,9H2. The van der Waals surface area contributed by atoms with E-state index in [0.717, 1.165) is 18.5 Å². The van der Waals surface area contributed by atoms with Crippen molar-refractivity contribution in [1.29, 1.82) is 0 Å². The smallest absolute Gasteiger partial charge is 0.0621 e. The molecule has 0 aliphatic heterocycles. The van der Waals surface area contributed by atoms with E-state index >= 15 is 0 Å². The van der Waals surface area contributed by atoms with Gasteiger partial charge in [-0.1, -0.05) is 11.6 Å². The molecule has 1 aromatic heterocycles. The number of nitrogens with one attached hydrogen (secondary N) is 1.